The van der Waals surface area contributed by atoms with Gasteiger partial charge in [-0.15, -0.1) is 12.3 Å². The first-order valence-electron chi connectivity index (χ1n) is 4.63. The molecular weight excluding hydrogens is 180 g/mol. The fourth-order valence-corrected chi connectivity index (χ4v) is 0.930. The number of hydrogen-bond acceptors (Lipinski definition) is 3. The van der Waals surface area contributed by atoms with E-state index in [-0.39, 0.29) is 11.9 Å². The Kier molecular flexibility index (Phi) is 7.90. The summed E-state index contributed by atoms with van der Waals surface area (Å²) in [4.78, 5) is 11.2. The average molecular weight is 198 g/mol. The second kappa shape index (κ2) is 8.54. The highest BCUT2D eigenvalue weighted by molar-refractivity contribution is 5.78. The molecule has 0 heterocycles. The number of ether oxygens (including phenoxy) is 1. The summed E-state index contributed by atoms with van der Waals surface area (Å²) in [5, 5.41) is 5.72. The quantitative estimate of drug-likeness (QED) is 0.438. The lowest BCUT2D eigenvalue weighted by molar-refractivity contribution is -0.120. The monoisotopic (exact) mass is 198 g/mol. The molecule has 0 fully saturated rings. The van der Waals surface area contributed by atoms with Crippen LogP contribution in [0.2, 0.25) is 0 Å². The van der Waals surface area contributed by atoms with Gasteiger partial charge in [0.25, 0.3) is 0 Å². The number of amides is 1. The molecule has 4 heteroatoms. The first-order chi connectivity index (χ1) is 6.70. The van der Waals surface area contributed by atoms with Crippen molar-refractivity contribution in [2.45, 2.75) is 19.4 Å². The fraction of sp³-hybridized carbons (Fsp3) is 0.700. The minimum absolute atomic E-state index is 0.0381. The fourth-order valence-electron chi connectivity index (χ4n) is 0.930. The van der Waals surface area contributed by atoms with Crippen molar-refractivity contribution in [2.24, 2.45) is 0 Å². The summed E-state index contributed by atoms with van der Waals surface area (Å²) in [6.07, 6.45) is 5.67. The summed E-state index contributed by atoms with van der Waals surface area (Å²) < 4.78 is 4.82. The lowest BCUT2D eigenvalue weighted by Gasteiger charge is -2.11. The van der Waals surface area contributed by atoms with E-state index in [1.807, 2.05) is 6.92 Å². The zero-order chi connectivity index (χ0) is 10.8. The van der Waals surface area contributed by atoms with Crippen molar-refractivity contribution >= 4 is 5.91 Å². The third kappa shape index (κ3) is 7.59. The molecular formula is C10H18N2O2. The van der Waals surface area contributed by atoms with Crippen LogP contribution in [-0.2, 0) is 9.53 Å². The van der Waals surface area contributed by atoms with Crippen LogP contribution in [0.1, 0.15) is 13.3 Å². The van der Waals surface area contributed by atoms with E-state index in [0.717, 1.165) is 0 Å². The van der Waals surface area contributed by atoms with Crippen molar-refractivity contribution in [3.63, 3.8) is 0 Å². The third-order valence-corrected chi connectivity index (χ3v) is 1.60. The van der Waals surface area contributed by atoms with Crippen LogP contribution >= 0.6 is 0 Å². The van der Waals surface area contributed by atoms with Crippen LogP contribution in [0.25, 0.3) is 0 Å². The van der Waals surface area contributed by atoms with Gasteiger partial charge in [-0.1, -0.05) is 0 Å². The molecule has 0 rings (SSSR count). The normalized spacial score (nSPS) is 11.8. The van der Waals surface area contributed by atoms with E-state index >= 15 is 0 Å². The Balaban J connectivity index is 3.41. The Morgan fingerprint density at radius 1 is 1.64 bits per heavy atom. The molecule has 1 unspecified atom stereocenters. The third-order valence-electron chi connectivity index (χ3n) is 1.60. The van der Waals surface area contributed by atoms with Crippen molar-refractivity contribution in [1.29, 1.82) is 0 Å². The van der Waals surface area contributed by atoms with Crippen LogP contribution in [0, 0.1) is 12.3 Å². The minimum Gasteiger partial charge on any atom is -0.383 e. The molecule has 0 aromatic heterocycles. The zero-order valence-electron chi connectivity index (χ0n) is 8.80. The lowest BCUT2D eigenvalue weighted by Crippen LogP contribution is -2.39. The maximum absolute atomic E-state index is 11.2. The highest BCUT2D eigenvalue weighted by atomic mass is 16.5. The van der Waals surface area contributed by atoms with Crippen LogP contribution in [-0.4, -0.2) is 38.8 Å². The van der Waals surface area contributed by atoms with Crippen LogP contribution in [0.3, 0.4) is 0 Å². The topological polar surface area (TPSA) is 50.4 Å². The maximum atomic E-state index is 11.2. The number of carbonyl (C=O) groups excluding carboxylic acids is 1. The van der Waals surface area contributed by atoms with Crippen LogP contribution in [0.5, 0.6) is 0 Å². The second-order valence-corrected chi connectivity index (χ2v) is 3.05. The number of nitrogens with one attached hydrogen (secondary N) is 2. The molecule has 0 bridgehead atoms. The molecule has 0 aliphatic heterocycles. The molecule has 0 aliphatic rings. The number of carbonyl (C=O) groups is 1. The van der Waals surface area contributed by atoms with Gasteiger partial charge in [-0.25, -0.2) is 0 Å². The molecule has 0 radical (unpaired) electrons. The Labute approximate surface area is 85.4 Å². The summed E-state index contributed by atoms with van der Waals surface area (Å²) in [5.41, 5.74) is 0. The van der Waals surface area contributed by atoms with E-state index in [9.17, 15) is 4.79 Å². The van der Waals surface area contributed by atoms with Gasteiger partial charge in [0, 0.05) is 26.1 Å². The molecule has 1 amide bonds. The van der Waals surface area contributed by atoms with Crippen LogP contribution in [0.4, 0.5) is 0 Å². The smallest absolute Gasteiger partial charge is 0.234 e. The predicted octanol–water partition coefficient (Wildman–Crippen LogP) is -0.250. The van der Waals surface area contributed by atoms with Gasteiger partial charge in [0.05, 0.1) is 13.2 Å². The number of rotatable bonds is 7. The van der Waals surface area contributed by atoms with Gasteiger partial charge in [0.1, 0.15) is 0 Å². The van der Waals surface area contributed by atoms with E-state index in [0.29, 0.717) is 26.1 Å². The van der Waals surface area contributed by atoms with Crippen molar-refractivity contribution in [3.8, 4) is 12.3 Å². The molecule has 0 aliphatic carbocycles. The van der Waals surface area contributed by atoms with Gasteiger partial charge in [0.15, 0.2) is 0 Å². The summed E-state index contributed by atoms with van der Waals surface area (Å²) in [6.45, 7) is 3.46. The van der Waals surface area contributed by atoms with Gasteiger partial charge in [0.2, 0.25) is 5.91 Å². The minimum atomic E-state index is -0.0381. The molecule has 0 aromatic carbocycles. The molecule has 0 saturated carbocycles. The van der Waals surface area contributed by atoms with E-state index in [4.69, 9.17) is 11.2 Å². The summed E-state index contributed by atoms with van der Waals surface area (Å²) >= 11 is 0. The molecule has 0 aromatic rings. The highest BCUT2D eigenvalue weighted by Crippen LogP contribution is 1.86. The van der Waals surface area contributed by atoms with E-state index in [1.54, 1.807) is 7.11 Å². The van der Waals surface area contributed by atoms with E-state index in [1.165, 1.54) is 0 Å². The first-order valence-corrected chi connectivity index (χ1v) is 4.63. The second-order valence-electron chi connectivity index (χ2n) is 3.05. The van der Waals surface area contributed by atoms with E-state index in [2.05, 4.69) is 16.6 Å². The van der Waals surface area contributed by atoms with Crippen molar-refractivity contribution in [1.82, 2.24) is 10.6 Å². The first kappa shape index (κ1) is 12.9. The number of methoxy groups -OCH3 is 1. The molecule has 80 valence electrons. The lowest BCUT2D eigenvalue weighted by atomic mass is 10.2. The maximum Gasteiger partial charge on any atom is 0.234 e. The zero-order valence-corrected chi connectivity index (χ0v) is 8.80. The van der Waals surface area contributed by atoms with Gasteiger partial charge < -0.3 is 15.4 Å². The predicted molar refractivity (Wildman–Crippen MR) is 55.8 cm³/mol. The Morgan fingerprint density at radius 2 is 2.36 bits per heavy atom. The SMILES string of the molecule is C#CCC(C)NC(=O)CNCCOC. The summed E-state index contributed by atoms with van der Waals surface area (Å²) in [6, 6.07) is 0.0386. The Morgan fingerprint density at radius 3 is 2.93 bits per heavy atom. The summed E-state index contributed by atoms with van der Waals surface area (Å²) in [5.74, 6) is 2.46. The Hall–Kier alpha value is -1.05. The van der Waals surface area contributed by atoms with Crippen LogP contribution < -0.4 is 10.6 Å². The number of terminal acetylenes is 1. The van der Waals surface area contributed by atoms with Gasteiger partial charge in [-0.2, -0.15) is 0 Å². The average Bonchev–Trinajstić information content (AvgIpc) is 2.13. The Bertz CT molecular complexity index is 199. The largest absolute Gasteiger partial charge is 0.383 e. The molecule has 0 spiro atoms. The van der Waals surface area contributed by atoms with Gasteiger partial charge >= 0.3 is 0 Å². The molecule has 2 N–H and O–H groups in total. The molecule has 14 heavy (non-hydrogen) atoms. The molecule has 4 nitrogen and oxygen atoms in total. The number of hydrogen-bond donors (Lipinski definition) is 2. The molecule has 1 atom stereocenters. The van der Waals surface area contributed by atoms with Crippen molar-refractivity contribution in [3.05, 3.63) is 0 Å². The standard InChI is InChI=1S/C10H18N2O2/c1-4-5-9(2)12-10(13)8-11-6-7-14-3/h1,9,11H,5-8H2,2-3H3,(H,12,13). The van der Waals surface area contributed by atoms with Crippen LogP contribution in [0.15, 0.2) is 0 Å². The van der Waals surface area contributed by atoms with E-state index < -0.39 is 0 Å². The summed E-state index contributed by atoms with van der Waals surface area (Å²) in [7, 11) is 1.62. The van der Waals surface area contributed by atoms with Gasteiger partial charge in [-0.3, -0.25) is 4.79 Å². The highest BCUT2D eigenvalue weighted by Gasteiger charge is 2.04. The van der Waals surface area contributed by atoms with Gasteiger partial charge in [-0.05, 0) is 6.92 Å². The molecule has 0 saturated heterocycles. The van der Waals surface area contributed by atoms with Crippen molar-refractivity contribution < 1.29 is 9.53 Å². The van der Waals surface area contributed by atoms with Crippen molar-refractivity contribution in [2.75, 3.05) is 26.8 Å².